The van der Waals surface area contributed by atoms with Crippen LogP contribution in [0.2, 0.25) is 0 Å². The van der Waals surface area contributed by atoms with Crippen LogP contribution in [0.1, 0.15) is 43.3 Å². The molecule has 0 saturated heterocycles. The van der Waals surface area contributed by atoms with Crippen molar-refractivity contribution in [2.75, 3.05) is 13.7 Å². The summed E-state index contributed by atoms with van der Waals surface area (Å²) in [6.07, 6.45) is 2.33. The van der Waals surface area contributed by atoms with Gasteiger partial charge in [0.25, 0.3) is 0 Å². The number of carbonyl (C=O) groups is 2. The molecule has 2 heterocycles. The number of benzene rings is 1. The smallest absolute Gasteiger partial charge is 0.328 e. The summed E-state index contributed by atoms with van der Waals surface area (Å²) in [5.74, 6) is -2.45. The predicted octanol–water partition coefficient (Wildman–Crippen LogP) is 2.93. The molecule has 0 saturated carbocycles. The van der Waals surface area contributed by atoms with Crippen LogP contribution in [0.5, 0.6) is 0 Å². The Bertz CT molecular complexity index is 900. The van der Waals surface area contributed by atoms with Gasteiger partial charge in [0.1, 0.15) is 12.1 Å². The Morgan fingerprint density at radius 3 is 2.83 bits per heavy atom. The second-order valence-corrected chi connectivity index (χ2v) is 7.41. The molecule has 0 radical (unpaired) electrons. The molecule has 1 aromatic heterocycles. The van der Waals surface area contributed by atoms with Crippen molar-refractivity contribution < 1.29 is 23.1 Å². The van der Waals surface area contributed by atoms with Gasteiger partial charge in [0.05, 0.1) is 19.1 Å². The van der Waals surface area contributed by atoms with Gasteiger partial charge in [-0.1, -0.05) is 26.0 Å². The van der Waals surface area contributed by atoms with Gasteiger partial charge in [-0.25, -0.2) is 23.4 Å². The number of esters is 1. The van der Waals surface area contributed by atoms with Crippen LogP contribution in [-0.4, -0.2) is 46.6 Å². The predicted molar refractivity (Wildman–Crippen MR) is 101 cm³/mol. The third-order valence-electron chi connectivity index (χ3n) is 4.95. The van der Waals surface area contributed by atoms with E-state index in [-0.39, 0.29) is 18.0 Å². The van der Waals surface area contributed by atoms with E-state index in [1.807, 2.05) is 13.8 Å². The summed E-state index contributed by atoms with van der Waals surface area (Å²) < 4.78 is 33.3. The maximum absolute atomic E-state index is 14.6. The van der Waals surface area contributed by atoms with Gasteiger partial charge in [0, 0.05) is 24.2 Å². The minimum Gasteiger partial charge on any atom is -0.467 e. The largest absolute Gasteiger partial charge is 0.467 e. The van der Waals surface area contributed by atoms with Crippen molar-refractivity contribution in [2.24, 2.45) is 5.92 Å². The summed E-state index contributed by atoms with van der Waals surface area (Å²) in [7, 11) is 1.25. The fourth-order valence-electron chi connectivity index (χ4n) is 3.60. The van der Waals surface area contributed by atoms with E-state index < -0.39 is 35.7 Å². The van der Waals surface area contributed by atoms with E-state index in [4.69, 9.17) is 4.74 Å². The van der Waals surface area contributed by atoms with Gasteiger partial charge < -0.3 is 19.9 Å². The zero-order chi connectivity index (χ0) is 21.1. The number of halogens is 2. The Labute approximate surface area is 167 Å². The van der Waals surface area contributed by atoms with Gasteiger partial charge in [0.15, 0.2) is 11.6 Å². The molecule has 1 aliphatic heterocycles. The second-order valence-electron chi connectivity index (χ2n) is 7.41. The summed E-state index contributed by atoms with van der Waals surface area (Å²) >= 11 is 0. The molecular weight excluding hydrogens is 382 g/mol. The monoisotopic (exact) mass is 406 g/mol. The molecule has 2 atom stereocenters. The topological polar surface area (TPSA) is 87.3 Å². The number of methoxy groups -OCH3 is 1. The van der Waals surface area contributed by atoms with Crippen molar-refractivity contribution in [2.45, 2.75) is 38.8 Å². The highest BCUT2D eigenvalue weighted by molar-refractivity contribution is 5.84. The number of aromatic amines is 1. The van der Waals surface area contributed by atoms with E-state index in [2.05, 4.69) is 15.3 Å². The summed E-state index contributed by atoms with van der Waals surface area (Å²) in [6, 6.07) is 1.51. The van der Waals surface area contributed by atoms with Crippen molar-refractivity contribution in [3.63, 3.8) is 0 Å². The molecule has 2 amide bonds. The van der Waals surface area contributed by atoms with Crippen LogP contribution in [0.4, 0.5) is 13.6 Å². The second kappa shape index (κ2) is 8.59. The van der Waals surface area contributed by atoms with Crippen LogP contribution in [0.25, 0.3) is 0 Å². The molecular formula is C20H24F2N4O3. The van der Waals surface area contributed by atoms with Crippen LogP contribution >= 0.6 is 0 Å². The molecule has 0 fully saturated rings. The number of nitrogens with zero attached hydrogens (tertiary/aromatic N) is 2. The van der Waals surface area contributed by atoms with Crippen LogP contribution in [-0.2, 0) is 16.0 Å². The van der Waals surface area contributed by atoms with Gasteiger partial charge in [-0.2, -0.15) is 0 Å². The first-order chi connectivity index (χ1) is 13.8. The average molecular weight is 406 g/mol. The molecule has 2 aromatic rings. The quantitative estimate of drug-likeness (QED) is 0.748. The SMILES string of the molecule is COC(=O)[C@@H](CC(C)C)NC(=O)N1CCc2[nH]cnc2[C@@H]1c1cccc(F)c1F. The maximum atomic E-state index is 14.6. The van der Waals surface area contributed by atoms with Crippen molar-refractivity contribution in [1.29, 1.82) is 0 Å². The molecule has 29 heavy (non-hydrogen) atoms. The van der Waals surface area contributed by atoms with Crippen molar-refractivity contribution in [1.82, 2.24) is 20.2 Å². The Morgan fingerprint density at radius 2 is 2.14 bits per heavy atom. The van der Waals surface area contributed by atoms with Gasteiger partial charge in [-0.3, -0.25) is 0 Å². The summed E-state index contributed by atoms with van der Waals surface area (Å²) in [5.41, 5.74) is 1.22. The molecule has 7 nitrogen and oxygen atoms in total. The number of hydrogen-bond acceptors (Lipinski definition) is 4. The highest BCUT2D eigenvalue weighted by atomic mass is 19.2. The first-order valence-corrected chi connectivity index (χ1v) is 9.44. The zero-order valence-electron chi connectivity index (χ0n) is 16.5. The van der Waals surface area contributed by atoms with Gasteiger partial charge in [-0.15, -0.1) is 0 Å². The van der Waals surface area contributed by atoms with Gasteiger partial charge in [0.2, 0.25) is 0 Å². The number of ether oxygens (including phenoxy) is 1. The number of fused-ring (bicyclic) bond motifs is 1. The Morgan fingerprint density at radius 1 is 1.38 bits per heavy atom. The van der Waals surface area contributed by atoms with Crippen molar-refractivity contribution in [3.8, 4) is 0 Å². The standard InChI is InChI=1S/C20H24F2N4O3/c1-11(2)9-15(19(27)29-3)25-20(28)26-8-7-14-17(24-10-23-14)18(26)12-5-4-6-13(21)16(12)22/h4-6,10-11,15,18H,7-9H2,1-3H3,(H,23,24)(H,25,28)/t15-,18+/m1/s1. The third-order valence-corrected chi connectivity index (χ3v) is 4.95. The lowest BCUT2D eigenvalue weighted by atomic mass is 9.95. The number of carbonyl (C=O) groups excluding carboxylic acids is 2. The summed E-state index contributed by atoms with van der Waals surface area (Å²) in [4.78, 5) is 33.8. The zero-order valence-corrected chi connectivity index (χ0v) is 16.5. The highest BCUT2D eigenvalue weighted by Crippen LogP contribution is 2.35. The van der Waals surface area contributed by atoms with E-state index in [0.29, 0.717) is 18.5 Å². The van der Waals surface area contributed by atoms with Crippen LogP contribution in [0.3, 0.4) is 0 Å². The molecule has 1 aliphatic rings. The molecule has 0 unspecified atom stereocenters. The number of rotatable bonds is 5. The summed E-state index contributed by atoms with van der Waals surface area (Å²) in [5, 5.41) is 2.68. The highest BCUT2D eigenvalue weighted by Gasteiger charge is 2.37. The van der Waals surface area contributed by atoms with E-state index in [1.165, 1.54) is 30.5 Å². The number of imidazole rings is 1. The maximum Gasteiger partial charge on any atom is 0.328 e. The first-order valence-electron chi connectivity index (χ1n) is 9.44. The van der Waals surface area contributed by atoms with Crippen molar-refractivity contribution >= 4 is 12.0 Å². The van der Waals surface area contributed by atoms with E-state index in [1.54, 1.807) is 0 Å². The number of H-pyrrole nitrogens is 1. The van der Waals surface area contributed by atoms with Gasteiger partial charge >= 0.3 is 12.0 Å². The number of amides is 2. The Balaban J connectivity index is 1.95. The third kappa shape index (κ3) is 4.23. The average Bonchev–Trinajstić information content (AvgIpc) is 3.16. The molecule has 2 N–H and O–H groups in total. The van der Waals surface area contributed by atoms with Crippen LogP contribution < -0.4 is 5.32 Å². The molecule has 1 aromatic carbocycles. The van der Waals surface area contributed by atoms with Gasteiger partial charge in [-0.05, 0) is 18.4 Å². The minimum absolute atomic E-state index is 0.00618. The first kappa shape index (κ1) is 20.8. The normalized spacial score (nSPS) is 17.0. The molecule has 9 heteroatoms. The number of aromatic nitrogens is 2. The number of nitrogens with one attached hydrogen (secondary N) is 2. The lowest BCUT2D eigenvalue weighted by molar-refractivity contribution is -0.143. The molecule has 3 rings (SSSR count). The molecule has 0 aliphatic carbocycles. The van der Waals surface area contributed by atoms with Crippen molar-refractivity contribution in [3.05, 3.63) is 53.1 Å². The van der Waals surface area contributed by atoms with Crippen LogP contribution in [0, 0.1) is 17.6 Å². The lowest BCUT2D eigenvalue weighted by Crippen LogP contribution is -2.51. The van der Waals surface area contributed by atoms with E-state index in [9.17, 15) is 18.4 Å². The summed E-state index contributed by atoms with van der Waals surface area (Å²) in [6.45, 7) is 4.09. The van der Waals surface area contributed by atoms with Crippen LogP contribution in [0.15, 0.2) is 24.5 Å². The lowest BCUT2D eigenvalue weighted by Gasteiger charge is -2.36. The Kier molecular flexibility index (Phi) is 6.14. The minimum atomic E-state index is -1.03. The molecule has 0 bridgehead atoms. The molecule has 156 valence electrons. The Hall–Kier alpha value is -2.97. The fraction of sp³-hybridized carbons (Fsp3) is 0.450. The fourth-order valence-corrected chi connectivity index (χ4v) is 3.60. The molecule has 0 spiro atoms. The number of urea groups is 1. The van der Waals surface area contributed by atoms with E-state index >= 15 is 0 Å². The number of hydrogen-bond donors (Lipinski definition) is 2. The van der Waals surface area contributed by atoms with E-state index in [0.717, 1.165) is 11.8 Å².